The Morgan fingerprint density at radius 2 is 1.84 bits per heavy atom. The molecule has 7 heteroatoms. The largest absolute Gasteiger partial charge is 0.466 e. The quantitative estimate of drug-likeness (QED) is 0.555. The molecule has 0 atom stereocenters. The second kappa shape index (κ2) is 8.77. The lowest BCUT2D eigenvalue weighted by Gasteiger charge is -2.19. The first-order valence-corrected chi connectivity index (χ1v) is 8.15. The summed E-state index contributed by atoms with van der Waals surface area (Å²) in [7, 11) is 2.00. The van der Waals surface area contributed by atoms with Gasteiger partial charge >= 0.3 is 6.03 Å². The number of carbonyl (C=O) groups excluding carboxylic acids is 2. The summed E-state index contributed by atoms with van der Waals surface area (Å²) in [6, 6.07) is 11.2. The van der Waals surface area contributed by atoms with Crippen LogP contribution in [-0.2, 0) is 0 Å². The highest BCUT2D eigenvalue weighted by Gasteiger charge is 2.13. The minimum atomic E-state index is -0.450. The normalized spacial score (nSPS) is 10.2. The molecular weight excluding hydrogens is 320 g/mol. The maximum atomic E-state index is 11.9. The first-order chi connectivity index (χ1) is 12.0. The molecule has 1 aromatic heterocycles. The molecule has 0 saturated heterocycles. The van der Waals surface area contributed by atoms with Crippen LogP contribution in [0.1, 0.15) is 28.3 Å². The van der Waals surface area contributed by atoms with Gasteiger partial charge in [-0.25, -0.2) is 10.2 Å². The van der Waals surface area contributed by atoms with Gasteiger partial charge in [-0.15, -0.1) is 0 Å². The van der Waals surface area contributed by atoms with Gasteiger partial charge in [-0.05, 0) is 38.5 Å². The summed E-state index contributed by atoms with van der Waals surface area (Å²) in [5.74, 6) is 0.754. The number of hydrogen-bond donors (Lipinski definition) is 3. The molecular formula is C18H24N4O3. The Balaban J connectivity index is 1.64. The summed E-state index contributed by atoms with van der Waals surface area (Å²) in [6.07, 6.45) is 0.785. The Hall–Kier alpha value is -2.96. The van der Waals surface area contributed by atoms with E-state index in [1.54, 1.807) is 19.9 Å². The Labute approximate surface area is 147 Å². The standard InChI is InChI=1S/C18H24N4O3/c1-13-12-16(14(2)25-13)17(23)20-21-18(24)19-10-7-11-22(3)15-8-5-4-6-9-15/h4-6,8-9,12H,7,10-11H2,1-3H3,(H,20,23)(H2,19,21,24). The Morgan fingerprint density at radius 3 is 2.48 bits per heavy atom. The van der Waals surface area contributed by atoms with Crippen molar-refractivity contribution in [1.29, 1.82) is 0 Å². The van der Waals surface area contributed by atoms with Gasteiger partial charge in [0.2, 0.25) is 0 Å². The fourth-order valence-electron chi connectivity index (χ4n) is 2.41. The third-order valence-electron chi connectivity index (χ3n) is 3.73. The minimum Gasteiger partial charge on any atom is -0.466 e. The van der Waals surface area contributed by atoms with Crippen LogP contribution in [0.25, 0.3) is 0 Å². The van der Waals surface area contributed by atoms with Crippen molar-refractivity contribution in [3.8, 4) is 0 Å². The number of hydrogen-bond acceptors (Lipinski definition) is 4. The number of anilines is 1. The number of urea groups is 1. The van der Waals surface area contributed by atoms with Crippen LogP contribution in [-0.4, -0.2) is 32.1 Å². The third kappa shape index (κ3) is 5.56. The number of amides is 3. The molecule has 134 valence electrons. The highest BCUT2D eigenvalue weighted by Crippen LogP contribution is 2.13. The predicted octanol–water partition coefficient (Wildman–Crippen LogP) is 2.37. The van der Waals surface area contributed by atoms with E-state index in [4.69, 9.17) is 4.42 Å². The second-order valence-corrected chi connectivity index (χ2v) is 5.77. The van der Waals surface area contributed by atoms with Crippen molar-refractivity contribution in [1.82, 2.24) is 16.2 Å². The van der Waals surface area contributed by atoms with E-state index >= 15 is 0 Å². The molecule has 1 heterocycles. The number of para-hydroxylation sites is 1. The molecule has 7 nitrogen and oxygen atoms in total. The molecule has 1 aromatic carbocycles. The lowest BCUT2D eigenvalue weighted by atomic mass is 10.2. The SMILES string of the molecule is Cc1cc(C(=O)NNC(=O)NCCCN(C)c2ccccc2)c(C)o1. The summed E-state index contributed by atoms with van der Waals surface area (Å²) >= 11 is 0. The Morgan fingerprint density at radius 1 is 1.12 bits per heavy atom. The van der Waals surface area contributed by atoms with Crippen LogP contribution in [0.4, 0.5) is 10.5 Å². The molecule has 0 bridgehead atoms. The molecule has 3 amide bonds. The number of aryl methyl sites for hydroxylation is 2. The van der Waals surface area contributed by atoms with E-state index < -0.39 is 11.9 Å². The van der Waals surface area contributed by atoms with Crippen molar-refractivity contribution in [2.75, 3.05) is 25.0 Å². The summed E-state index contributed by atoms with van der Waals surface area (Å²) in [6.45, 7) is 4.77. The Kier molecular flexibility index (Phi) is 6.45. The van der Waals surface area contributed by atoms with E-state index in [1.165, 1.54) is 0 Å². The van der Waals surface area contributed by atoms with Gasteiger partial charge in [0.05, 0.1) is 5.56 Å². The van der Waals surface area contributed by atoms with Crippen molar-refractivity contribution < 1.29 is 14.0 Å². The molecule has 0 radical (unpaired) electrons. The number of rotatable bonds is 6. The number of nitrogens with one attached hydrogen (secondary N) is 3. The summed E-state index contributed by atoms with van der Waals surface area (Å²) in [5.41, 5.74) is 6.22. The van der Waals surface area contributed by atoms with Crippen molar-refractivity contribution in [2.45, 2.75) is 20.3 Å². The van der Waals surface area contributed by atoms with Crippen LogP contribution in [0.2, 0.25) is 0 Å². The van der Waals surface area contributed by atoms with Crippen LogP contribution < -0.4 is 21.1 Å². The van der Waals surface area contributed by atoms with E-state index in [9.17, 15) is 9.59 Å². The first-order valence-electron chi connectivity index (χ1n) is 8.15. The second-order valence-electron chi connectivity index (χ2n) is 5.77. The highest BCUT2D eigenvalue weighted by molar-refractivity contribution is 5.96. The summed E-state index contributed by atoms with van der Waals surface area (Å²) < 4.78 is 5.29. The lowest BCUT2D eigenvalue weighted by Crippen LogP contribution is -2.47. The molecule has 0 unspecified atom stereocenters. The maximum absolute atomic E-state index is 11.9. The van der Waals surface area contributed by atoms with Gasteiger partial charge in [-0.3, -0.25) is 10.2 Å². The fourth-order valence-corrected chi connectivity index (χ4v) is 2.41. The van der Waals surface area contributed by atoms with Crippen molar-refractivity contribution in [2.24, 2.45) is 0 Å². The van der Waals surface area contributed by atoms with E-state index in [2.05, 4.69) is 21.1 Å². The van der Waals surface area contributed by atoms with Crippen molar-refractivity contribution >= 4 is 17.6 Å². The molecule has 3 N–H and O–H groups in total. The molecule has 0 saturated carbocycles. The number of furan rings is 1. The van der Waals surface area contributed by atoms with Crippen LogP contribution in [0.5, 0.6) is 0 Å². The minimum absolute atomic E-state index is 0.405. The zero-order valence-corrected chi connectivity index (χ0v) is 14.8. The van der Waals surface area contributed by atoms with E-state index in [-0.39, 0.29) is 0 Å². The van der Waals surface area contributed by atoms with E-state index in [0.717, 1.165) is 18.7 Å². The van der Waals surface area contributed by atoms with E-state index in [1.807, 2.05) is 37.4 Å². The van der Waals surface area contributed by atoms with Crippen molar-refractivity contribution in [3.63, 3.8) is 0 Å². The summed E-state index contributed by atoms with van der Waals surface area (Å²) in [5, 5.41) is 2.70. The van der Waals surface area contributed by atoms with Gasteiger partial charge in [0.25, 0.3) is 5.91 Å². The predicted molar refractivity (Wildman–Crippen MR) is 96.5 cm³/mol. The zero-order chi connectivity index (χ0) is 18.2. The number of benzene rings is 1. The van der Waals surface area contributed by atoms with Crippen LogP contribution in [0.15, 0.2) is 40.8 Å². The molecule has 0 aliphatic rings. The molecule has 0 aliphatic carbocycles. The van der Waals surface area contributed by atoms with E-state index in [0.29, 0.717) is 23.6 Å². The fraction of sp³-hybridized carbons (Fsp3) is 0.333. The van der Waals surface area contributed by atoms with Gasteiger partial charge < -0.3 is 14.6 Å². The average Bonchev–Trinajstić information content (AvgIpc) is 2.95. The van der Waals surface area contributed by atoms with Crippen LogP contribution >= 0.6 is 0 Å². The summed E-state index contributed by atoms with van der Waals surface area (Å²) in [4.78, 5) is 25.8. The van der Waals surface area contributed by atoms with Gasteiger partial charge in [-0.1, -0.05) is 18.2 Å². The van der Waals surface area contributed by atoms with Gasteiger partial charge in [0, 0.05) is 25.8 Å². The molecule has 25 heavy (non-hydrogen) atoms. The van der Waals surface area contributed by atoms with Crippen molar-refractivity contribution in [3.05, 3.63) is 53.5 Å². The van der Waals surface area contributed by atoms with Gasteiger partial charge in [0.15, 0.2) is 0 Å². The molecule has 0 aliphatic heterocycles. The molecule has 0 fully saturated rings. The topological polar surface area (TPSA) is 86.6 Å². The first kappa shape index (κ1) is 18.4. The monoisotopic (exact) mass is 344 g/mol. The number of nitrogens with zero attached hydrogens (tertiary/aromatic N) is 1. The smallest absolute Gasteiger partial charge is 0.333 e. The Bertz CT molecular complexity index is 712. The number of carbonyl (C=O) groups is 2. The number of hydrazine groups is 1. The molecule has 2 aromatic rings. The van der Waals surface area contributed by atoms with Gasteiger partial charge in [0.1, 0.15) is 11.5 Å². The van der Waals surface area contributed by atoms with Crippen LogP contribution in [0, 0.1) is 13.8 Å². The van der Waals surface area contributed by atoms with Crippen LogP contribution in [0.3, 0.4) is 0 Å². The maximum Gasteiger partial charge on any atom is 0.333 e. The van der Waals surface area contributed by atoms with Gasteiger partial charge in [-0.2, -0.15) is 0 Å². The lowest BCUT2D eigenvalue weighted by molar-refractivity contribution is 0.0934. The average molecular weight is 344 g/mol. The molecule has 0 spiro atoms. The third-order valence-corrected chi connectivity index (χ3v) is 3.73. The zero-order valence-electron chi connectivity index (χ0n) is 14.8. The molecule has 2 rings (SSSR count). The highest BCUT2D eigenvalue weighted by atomic mass is 16.3.